The largest absolute Gasteiger partial charge is 0.573 e. The van der Waals surface area contributed by atoms with Crippen LogP contribution >= 0.6 is 15.9 Å². The third kappa shape index (κ3) is 4.24. The van der Waals surface area contributed by atoms with Gasteiger partial charge in [-0.2, -0.15) is 5.10 Å². The van der Waals surface area contributed by atoms with E-state index in [9.17, 15) is 27.2 Å². The van der Waals surface area contributed by atoms with E-state index in [0.29, 0.717) is 0 Å². The van der Waals surface area contributed by atoms with Crippen molar-refractivity contribution in [2.45, 2.75) is 13.3 Å². The van der Waals surface area contributed by atoms with E-state index in [1.807, 2.05) is 0 Å². The molecule has 11 heteroatoms. The van der Waals surface area contributed by atoms with Crippen molar-refractivity contribution in [2.24, 2.45) is 0 Å². The fourth-order valence-corrected chi connectivity index (χ4v) is 2.90. The molecule has 1 aromatic heterocycles. The topological polar surface area (TPSA) is 70.4 Å². The Morgan fingerprint density at radius 3 is 2.41 bits per heavy atom. The third-order valence-corrected chi connectivity index (χ3v) is 4.34. The highest BCUT2D eigenvalue weighted by Gasteiger charge is 2.31. The van der Waals surface area contributed by atoms with Gasteiger partial charge in [-0.1, -0.05) is 0 Å². The number of esters is 1. The van der Waals surface area contributed by atoms with E-state index in [4.69, 9.17) is 4.74 Å². The van der Waals surface area contributed by atoms with Crippen molar-refractivity contribution in [3.05, 3.63) is 62.6 Å². The molecule has 0 aliphatic heterocycles. The van der Waals surface area contributed by atoms with Crippen LogP contribution in [0.4, 0.5) is 17.6 Å². The first-order valence-corrected chi connectivity index (χ1v) is 8.86. The van der Waals surface area contributed by atoms with Gasteiger partial charge in [0.05, 0.1) is 27.7 Å². The number of alkyl halides is 3. The third-order valence-electron chi connectivity index (χ3n) is 3.73. The number of nitrogens with zero attached hydrogens (tertiary/aromatic N) is 2. The molecule has 0 bridgehead atoms. The van der Waals surface area contributed by atoms with Crippen LogP contribution in [0, 0.1) is 5.82 Å². The number of carbonyl (C=O) groups excluding carboxylic acids is 1. The summed E-state index contributed by atoms with van der Waals surface area (Å²) in [6, 6.07) is 7.19. The molecule has 0 N–H and O–H groups in total. The first-order chi connectivity index (χ1) is 13.6. The van der Waals surface area contributed by atoms with E-state index >= 15 is 0 Å². The Labute approximate surface area is 168 Å². The van der Waals surface area contributed by atoms with Gasteiger partial charge in [-0.3, -0.25) is 4.79 Å². The van der Waals surface area contributed by atoms with Gasteiger partial charge in [-0.15, -0.1) is 13.2 Å². The Bertz CT molecular complexity index is 1140. The molecular weight excluding hydrogens is 464 g/mol. The first-order valence-electron chi connectivity index (χ1n) is 8.06. The van der Waals surface area contributed by atoms with Crippen LogP contribution in [-0.2, 0) is 4.74 Å². The molecular formula is C18H11BrF4N2O4. The van der Waals surface area contributed by atoms with E-state index < -0.39 is 40.4 Å². The second-order valence-electron chi connectivity index (χ2n) is 5.61. The van der Waals surface area contributed by atoms with Gasteiger partial charge in [-0.05, 0) is 59.3 Å². The molecule has 0 aliphatic rings. The van der Waals surface area contributed by atoms with E-state index in [0.717, 1.165) is 16.8 Å². The van der Waals surface area contributed by atoms with Gasteiger partial charge >= 0.3 is 12.3 Å². The molecule has 1 heterocycles. The average molecular weight is 475 g/mol. The Morgan fingerprint density at radius 2 is 1.83 bits per heavy atom. The van der Waals surface area contributed by atoms with Gasteiger partial charge in [0.2, 0.25) is 11.1 Å². The number of ether oxygens (including phenoxy) is 2. The zero-order valence-corrected chi connectivity index (χ0v) is 16.2. The summed E-state index contributed by atoms with van der Waals surface area (Å²) in [7, 11) is 0. The summed E-state index contributed by atoms with van der Waals surface area (Å²) in [5, 5.41) is 3.53. The van der Waals surface area contributed by atoms with E-state index in [1.54, 1.807) is 0 Å². The molecule has 2 aromatic carbocycles. The molecule has 0 saturated carbocycles. The number of rotatable bonds is 4. The summed E-state index contributed by atoms with van der Waals surface area (Å²) in [5.74, 6) is -2.44. The number of aromatic nitrogens is 2. The zero-order chi connectivity index (χ0) is 21.3. The Balaban J connectivity index is 2.24. The predicted octanol–water partition coefficient (Wildman–Crippen LogP) is 4.36. The monoisotopic (exact) mass is 474 g/mol. The summed E-state index contributed by atoms with van der Waals surface area (Å²) < 4.78 is 61.3. The Morgan fingerprint density at radius 1 is 1.17 bits per heavy atom. The molecule has 6 nitrogen and oxygen atoms in total. The van der Waals surface area contributed by atoms with Crippen molar-refractivity contribution in [3.63, 3.8) is 0 Å². The average Bonchev–Trinajstić information content (AvgIpc) is 2.64. The molecule has 0 amide bonds. The molecule has 0 unspecified atom stereocenters. The fraction of sp³-hybridized carbons (Fsp3) is 0.167. The molecule has 0 radical (unpaired) electrons. The first kappa shape index (κ1) is 20.8. The van der Waals surface area contributed by atoms with Crippen molar-refractivity contribution in [3.8, 4) is 11.4 Å². The quantitative estimate of drug-likeness (QED) is 0.415. The molecule has 0 aliphatic carbocycles. The lowest BCUT2D eigenvalue weighted by atomic mass is 10.1. The van der Waals surface area contributed by atoms with Crippen molar-refractivity contribution >= 4 is 32.8 Å². The summed E-state index contributed by atoms with van der Waals surface area (Å²) in [6.07, 6.45) is -4.86. The van der Waals surface area contributed by atoms with Gasteiger partial charge in [0, 0.05) is 0 Å². The number of fused-ring (bicyclic) bond motifs is 1. The number of hydrogen-bond donors (Lipinski definition) is 0. The lowest BCUT2D eigenvalue weighted by molar-refractivity contribution is -0.274. The second kappa shape index (κ2) is 7.82. The SMILES string of the molecule is CCOC(=O)c1nn(-c2ccc(OC(F)(F)F)cc2)c2ccc(Br)c(F)c2c1=O. The van der Waals surface area contributed by atoms with Crippen LogP contribution in [0.2, 0.25) is 0 Å². The minimum Gasteiger partial charge on any atom is -0.461 e. The minimum atomic E-state index is -4.86. The predicted molar refractivity (Wildman–Crippen MR) is 97.6 cm³/mol. The number of halogens is 5. The molecule has 152 valence electrons. The van der Waals surface area contributed by atoms with Crippen LogP contribution < -0.4 is 10.2 Å². The molecule has 0 saturated heterocycles. The van der Waals surface area contributed by atoms with Crippen LogP contribution in [-0.4, -0.2) is 28.7 Å². The van der Waals surface area contributed by atoms with Gasteiger partial charge in [0.15, 0.2) is 5.82 Å². The zero-order valence-electron chi connectivity index (χ0n) is 14.6. The molecule has 3 rings (SSSR count). The number of carbonyl (C=O) groups is 1. The summed E-state index contributed by atoms with van der Waals surface area (Å²) in [5.41, 5.74) is -1.46. The number of hydrogen-bond acceptors (Lipinski definition) is 5. The Hall–Kier alpha value is -2.95. The summed E-state index contributed by atoms with van der Waals surface area (Å²) >= 11 is 2.98. The summed E-state index contributed by atoms with van der Waals surface area (Å²) in [6.45, 7) is 1.48. The second-order valence-corrected chi connectivity index (χ2v) is 6.46. The lowest BCUT2D eigenvalue weighted by Gasteiger charge is -2.14. The van der Waals surface area contributed by atoms with Crippen molar-refractivity contribution < 1.29 is 31.8 Å². The van der Waals surface area contributed by atoms with Gasteiger partial charge in [0.1, 0.15) is 5.75 Å². The van der Waals surface area contributed by atoms with Crippen LogP contribution in [0.1, 0.15) is 17.4 Å². The maximum atomic E-state index is 14.6. The maximum Gasteiger partial charge on any atom is 0.573 e. The molecule has 0 atom stereocenters. The van der Waals surface area contributed by atoms with Crippen LogP contribution in [0.15, 0.2) is 45.7 Å². The van der Waals surface area contributed by atoms with E-state index in [1.165, 1.54) is 31.2 Å². The van der Waals surface area contributed by atoms with Crippen LogP contribution in [0.25, 0.3) is 16.6 Å². The molecule has 29 heavy (non-hydrogen) atoms. The normalized spacial score (nSPS) is 11.5. The summed E-state index contributed by atoms with van der Waals surface area (Å²) in [4.78, 5) is 24.8. The van der Waals surface area contributed by atoms with Crippen LogP contribution in [0.3, 0.4) is 0 Å². The van der Waals surface area contributed by atoms with Crippen LogP contribution in [0.5, 0.6) is 5.75 Å². The fourth-order valence-electron chi connectivity index (χ4n) is 2.57. The van der Waals surface area contributed by atoms with Crippen molar-refractivity contribution in [1.82, 2.24) is 9.78 Å². The van der Waals surface area contributed by atoms with Crippen molar-refractivity contribution in [2.75, 3.05) is 6.61 Å². The lowest BCUT2D eigenvalue weighted by Crippen LogP contribution is -2.25. The highest BCUT2D eigenvalue weighted by molar-refractivity contribution is 9.10. The standard InChI is InChI=1S/C18H11BrF4N2O4/c1-2-28-17(27)15-16(26)13-12(8-7-11(19)14(13)20)25(24-15)9-3-5-10(6-4-9)29-18(21,22)23/h3-8H,2H2,1H3. The minimum absolute atomic E-state index is 0.00763. The number of benzene rings is 2. The highest BCUT2D eigenvalue weighted by Crippen LogP contribution is 2.27. The molecule has 0 fully saturated rings. The van der Waals surface area contributed by atoms with Gasteiger partial charge in [-0.25, -0.2) is 13.9 Å². The van der Waals surface area contributed by atoms with Gasteiger partial charge < -0.3 is 9.47 Å². The molecule has 3 aromatic rings. The maximum absolute atomic E-state index is 14.6. The molecule has 0 spiro atoms. The highest BCUT2D eigenvalue weighted by atomic mass is 79.9. The van der Waals surface area contributed by atoms with E-state index in [2.05, 4.69) is 25.8 Å². The van der Waals surface area contributed by atoms with Gasteiger partial charge in [0.25, 0.3) is 0 Å². The van der Waals surface area contributed by atoms with Crippen molar-refractivity contribution in [1.29, 1.82) is 0 Å². The smallest absolute Gasteiger partial charge is 0.461 e. The van der Waals surface area contributed by atoms with E-state index in [-0.39, 0.29) is 22.3 Å². The Kier molecular flexibility index (Phi) is 5.60.